The molecule has 4 aliphatic rings. The lowest BCUT2D eigenvalue weighted by molar-refractivity contribution is 1.27. The van der Waals surface area contributed by atoms with Gasteiger partial charge in [-0.25, -0.2) is 0 Å². The summed E-state index contributed by atoms with van der Waals surface area (Å²) in [5.41, 5.74) is 44.0. The van der Waals surface area contributed by atoms with Gasteiger partial charge in [-0.05, 0) is 300 Å². The first-order valence-electron chi connectivity index (χ1n) is 38.0. The van der Waals surface area contributed by atoms with Gasteiger partial charge in [0.15, 0.2) is 0 Å². The number of hydrogen-bond acceptors (Lipinski definition) is 2. The molecule has 0 unspecified atom stereocenters. The van der Waals surface area contributed by atoms with Crippen molar-refractivity contribution in [1.82, 2.24) is 0 Å². The summed E-state index contributed by atoms with van der Waals surface area (Å²) in [6, 6.07) is 135. The van der Waals surface area contributed by atoms with Crippen molar-refractivity contribution in [3.05, 3.63) is 374 Å². The zero-order valence-corrected chi connectivity index (χ0v) is 60.5. The van der Waals surface area contributed by atoms with E-state index in [1.807, 2.05) is 0 Å². The summed E-state index contributed by atoms with van der Waals surface area (Å²) in [6.07, 6.45) is 0. The molecule has 0 fully saturated rings. The summed E-state index contributed by atoms with van der Waals surface area (Å²) in [5.74, 6) is 0. The Kier molecular flexibility index (Phi) is 13.9. The first-order chi connectivity index (χ1) is 53.2. The van der Waals surface area contributed by atoms with Crippen LogP contribution in [-0.2, 0) is 0 Å². The minimum atomic E-state index is -0.146. The van der Waals surface area contributed by atoms with Crippen molar-refractivity contribution in [3.63, 3.8) is 0 Å². The highest BCUT2D eigenvalue weighted by atomic mass is 15.2. The first-order valence-corrected chi connectivity index (χ1v) is 38.0. The van der Waals surface area contributed by atoms with Crippen LogP contribution in [-0.4, -0.2) is 13.4 Å². The third-order valence-electron chi connectivity index (χ3n) is 23.9. The summed E-state index contributed by atoms with van der Waals surface area (Å²) in [5, 5.41) is 7.75. The van der Waals surface area contributed by atoms with Crippen LogP contribution in [0.3, 0.4) is 0 Å². The molecule has 0 bridgehead atoms. The van der Waals surface area contributed by atoms with E-state index in [0.29, 0.717) is 0 Å². The van der Waals surface area contributed by atoms with Crippen molar-refractivity contribution in [2.24, 2.45) is 0 Å². The Labute approximate surface area is 631 Å². The molecule has 0 aliphatic carbocycles. The molecule has 0 aromatic heterocycles. The van der Waals surface area contributed by atoms with Gasteiger partial charge in [-0.3, -0.25) is 0 Å². The number of rotatable bonds is 10. The second-order valence-electron chi connectivity index (χ2n) is 30.4. The molecule has 18 aromatic carbocycles. The maximum absolute atomic E-state index is 2.74. The molecule has 502 valence electrons. The van der Waals surface area contributed by atoms with Crippen LogP contribution in [0.25, 0.3) is 144 Å². The van der Waals surface area contributed by atoms with Gasteiger partial charge in [0.1, 0.15) is 0 Å². The molecule has 2 nitrogen and oxygen atoms in total. The fraction of sp³-hybridized carbons (Fsp3) is 0.0385. The minimum absolute atomic E-state index is 0.146. The van der Waals surface area contributed by atoms with Gasteiger partial charge < -0.3 is 9.80 Å². The molecule has 18 aromatic rings. The molecule has 0 spiro atoms. The molecule has 4 aliphatic heterocycles. The van der Waals surface area contributed by atoms with Crippen LogP contribution in [0.2, 0.25) is 0 Å². The summed E-state index contributed by atoms with van der Waals surface area (Å²) in [6.45, 7) is 8.87. The molecule has 0 atom stereocenters. The molecule has 22 rings (SSSR count). The zero-order chi connectivity index (χ0) is 71.6. The van der Waals surface area contributed by atoms with E-state index in [4.69, 9.17) is 0 Å². The average Bonchev–Trinajstić information content (AvgIpc) is 0.661. The molecule has 0 radical (unpaired) electrons. The van der Waals surface area contributed by atoms with E-state index in [0.717, 1.165) is 11.4 Å². The zero-order valence-electron chi connectivity index (χ0n) is 60.5. The number of fused-ring (bicyclic) bond motifs is 8. The van der Waals surface area contributed by atoms with Crippen molar-refractivity contribution in [2.75, 3.05) is 9.80 Å². The maximum atomic E-state index is 2.74. The average molecular weight is 1370 g/mol. The van der Waals surface area contributed by atoms with Crippen molar-refractivity contribution in [3.8, 4) is 111 Å². The lowest BCUT2D eigenvalue weighted by Gasteiger charge is -2.43. The van der Waals surface area contributed by atoms with Crippen molar-refractivity contribution in [2.45, 2.75) is 27.7 Å². The molecule has 0 amide bonds. The highest BCUT2D eigenvalue weighted by molar-refractivity contribution is 7.02. The molecule has 108 heavy (non-hydrogen) atoms. The lowest BCUT2D eigenvalue weighted by Crippen LogP contribution is -2.60. The van der Waals surface area contributed by atoms with Gasteiger partial charge in [-0.1, -0.05) is 278 Å². The van der Waals surface area contributed by atoms with Gasteiger partial charge in [0.25, 0.3) is 0 Å². The van der Waals surface area contributed by atoms with E-state index in [1.165, 1.54) is 221 Å². The Morgan fingerprint density at radius 2 is 0.491 bits per heavy atom. The molecule has 0 saturated heterocycles. The number of anilines is 6. The largest absolute Gasteiger partial charge is 0.311 e. The summed E-state index contributed by atoms with van der Waals surface area (Å²) < 4.78 is 0. The van der Waals surface area contributed by atoms with Gasteiger partial charge in [-0.15, -0.1) is 0 Å². The second-order valence-corrected chi connectivity index (χ2v) is 30.4. The van der Waals surface area contributed by atoms with E-state index in [9.17, 15) is 0 Å². The number of benzene rings is 18. The molecule has 0 N–H and O–H groups in total. The fourth-order valence-electron chi connectivity index (χ4n) is 19.5. The van der Waals surface area contributed by atoms with Gasteiger partial charge in [0.05, 0.1) is 0 Å². The van der Waals surface area contributed by atoms with Crippen molar-refractivity contribution in [1.29, 1.82) is 0 Å². The van der Waals surface area contributed by atoms with Crippen molar-refractivity contribution >= 4 is 113 Å². The highest BCUT2D eigenvalue weighted by Gasteiger charge is 2.46. The standard InChI is InChI=1S/C104H70B2N2/c1-63-45-47-89-93(51-63)107(75-41-25-11-26-42-75)95-53-65(3)49-87-83-59-82(98-79(71-37-21-9-22-38-71)57-74(68-31-15-6-16-32-68)58-80(98)72-39-23-10-24-40-72)86-62-92-100-84(88-50-66(4)54-96-104(88)106(92)90-48-46-64(2)52-94(90)108(96)76-43-27-12-28-44-76)60-81(85-61-91(105(89)103(87)95)99(83)101(86)102(85)100)97-77(69-33-17-7-18-34-69)55-73(67-29-13-5-14-30-67)56-78(97)70-35-19-8-20-36-70/h5-62H,1-4H3. The van der Waals surface area contributed by atoms with E-state index in [2.05, 4.69) is 389 Å². The number of aryl methyl sites for hydroxylation is 4. The Balaban J connectivity index is 1.00. The van der Waals surface area contributed by atoms with Gasteiger partial charge in [0, 0.05) is 34.1 Å². The van der Waals surface area contributed by atoms with Gasteiger partial charge in [0.2, 0.25) is 13.4 Å². The fourth-order valence-corrected chi connectivity index (χ4v) is 19.5. The van der Waals surface area contributed by atoms with E-state index in [-0.39, 0.29) is 13.4 Å². The second kappa shape index (κ2) is 24.1. The third-order valence-corrected chi connectivity index (χ3v) is 23.9. The summed E-state index contributed by atoms with van der Waals surface area (Å²) in [7, 11) is 0. The SMILES string of the molecule is Cc1ccc2c(c1)N(c1ccccc1)c1cc(C)cc3c1B2c1cc2c(-c4c(-c5ccccc5)cc(-c5ccccc5)cc4-c4ccccc4)cc4c5c(cc6c(-c7c(-c8ccccc8)cc(-c8ccccc8)cc7-c7ccccc7)cc-3c1c6c25)B1c2ccc(C)cc2N(c2ccccc2)c2cc(C)cc-4c21. The third kappa shape index (κ3) is 9.36. The molecule has 0 saturated carbocycles. The summed E-state index contributed by atoms with van der Waals surface area (Å²) >= 11 is 0. The Morgan fingerprint density at radius 1 is 0.194 bits per heavy atom. The lowest BCUT2D eigenvalue weighted by atomic mass is 9.31. The van der Waals surface area contributed by atoms with Crippen LogP contribution in [0, 0.1) is 27.7 Å². The Hall–Kier alpha value is -13.3. The summed E-state index contributed by atoms with van der Waals surface area (Å²) in [4.78, 5) is 5.16. The van der Waals surface area contributed by atoms with Crippen LogP contribution in [0.5, 0.6) is 0 Å². The topological polar surface area (TPSA) is 6.48 Å². The van der Waals surface area contributed by atoms with E-state index < -0.39 is 0 Å². The van der Waals surface area contributed by atoms with E-state index >= 15 is 0 Å². The highest BCUT2D eigenvalue weighted by Crippen LogP contribution is 2.57. The Morgan fingerprint density at radius 3 is 0.815 bits per heavy atom. The quantitative estimate of drug-likeness (QED) is 0.0995. The van der Waals surface area contributed by atoms with Crippen LogP contribution < -0.4 is 42.6 Å². The van der Waals surface area contributed by atoms with Crippen molar-refractivity contribution < 1.29 is 0 Å². The molecular weight excluding hydrogens is 1300 g/mol. The predicted octanol–water partition coefficient (Wildman–Crippen LogP) is 23.7. The number of nitrogens with zero attached hydrogens (tertiary/aromatic N) is 2. The monoisotopic (exact) mass is 1370 g/mol. The minimum Gasteiger partial charge on any atom is -0.311 e. The van der Waals surface area contributed by atoms with Gasteiger partial charge in [-0.2, -0.15) is 0 Å². The van der Waals surface area contributed by atoms with Crippen LogP contribution in [0.1, 0.15) is 22.3 Å². The van der Waals surface area contributed by atoms with Gasteiger partial charge >= 0.3 is 0 Å². The number of para-hydroxylation sites is 2. The van der Waals surface area contributed by atoms with Crippen LogP contribution >= 0.6 is 0 Å². The van der Waals surface area contributed by atoms with E-state index in [1.54, 1.807) is 0 Å². The van der Waals surface area contributed by atoms with Crippen LogP contribution in [0.15, 0.2) is 352 Å². The van der Waals surface area contributed by atoms with Crippen LogP contribution in [0.4, 0.5) is 34.1 Å². The molecule has 4 heteroatoms. The first kappa shape index (κ1) is 62.1. The predicted molar refractivity (Wildman–Crippen MR) is 462 cm³/mol. The molecule has 4 heterocycles. The smallest absolute Gasteiger partial charge is 0.248 e. The number of hydrogen-bond donors (Lipinski definition) is 0. The maximum Gasteiger partial charge on any atom is 0.248 e. The molecular formula is C104H70B2N2. The normalized spacial score (nSPS) is 12.7. The Bertz CT molecular complexity index is 6210.